The van der Waals surface area contributed by atoms with Crippen molar-refractivity contribution in [1.29, 1.82) is 0 Å². The topological polar surface area (TPSA) is 68.2 Å². The van der Waals surface area contributed by atoms with Crippen LogP contribution in [0, 0.1) is 0 Å². The molecular weight excluding hydrogens is 252 g/mol. The maximum atomic E-state index is 6.17. The third-order valence-corrected chi connectivity index (χ3v) is 3.44. The summed E-state index contributed by atoms with van der Waals surface area (Å²) in [6.45, 7) is 1.82. The minimum Gasteiger partial charge on any atom is -0.363 e. The highest BCUT2D eigenvalue weighted by atomic mass is 35.5. The van der Waals surface area contributed by atoms with Crippen molar-refractivity contribution in [2.24, 2.45) is 5.73 Å². The van der Waals surface area contributed by atoms with Gasteiger partial charge in [0.1, 0.15) is 0 Å². The standard InChI is InChI=1S/C12H13ClN4O/c13-9-2-1-3-10-8(9)4-5-17(10)7-11-15-12(6-14)18-16-11/h1-3H,4-7,14H2. The lowest BCUT2D eigenvalue weighted by molar-refractivity contribution is 0.374. The summed E-state index contributed by atoms with van der Waals surface area (Å²) in [6.07, 6.45) is 0.955. The zero-order chi connectivity index (χ0) is 12.5. The number of fused-ring (bicyclic) bond motifs is 1. The van der Waals surface area contributed by atoms with Crippen LogP contribution in [0.3, 0.4) is 0 Å². The summed E-state index contributed by atoms with van der Waals surface area (Å²) in [5.41, 5.74) is 7.79. The lowest BCUT2D eigenvalue weighted by Gasteiger charge is -2.16. The predicted octanol–water partition coefficient (Wildman–Crippen LogP) is 1.74. The van der Waals surface area contributed by atoms with Crippen LogP contribution >= 0.6 is 11.6 Å². The van der Waals surface area contributed by atoms with Crippen LogP contribution < -0.4 is 10.6 Å². The van der Waals surface area contributed by atoms with E-state index in [9.17, 15) is 0 Å². The van der Waals surface area contributed by atoms with Gasteiger partial charge in [-0.1, -0.05) is 22.8 Å². The molecule has 0 unspecified atom stereocenters. The Morgan fingerprint density at radius 2 is 2.33 bits per heavy atom. The van der Waals surface area contributed by atoms with Crippen LogP contribution in [0.1, 0.15) is 17.3 Å². The number of anilines is 1. The lowest BCUT2D eigenvalue weighted by atomic mass is 10.2. The first-order valence-corrected chi connectivity index (χ1v) is 6.19. The second kappa shape index (κ2) is 4.59. The molecular formula is C12H13ClN4O. The number of hydrogen-bond acceptors (Lipinski definition) is 5. The van der Waals surface area contributed by atoms with Gasteiger partial charge in [-0.05, 0) is 24.1 Å². The molecule has 94 valence electrons. The highest BCUT2D eigenvalue weighted by molar-refractivity contribution is 6.31. The molecule has 1 aliphatic heterocycles. The van der Waals surface area contributed by atoms with Gasteiger partial charge in [0.05, 0.1) is 13.1 Å². The summed E-state index contributed by atoms with van der Waals surface area (Å²) in [5, 5.41) is 4.73. The van der Waals surface area contributed by atoms with E-state index in [0.29, 0.717) is 18.3 Å². The van der Waals surface area contributed by atoms with Gasteiger partial charge in [0, 0.05) is 17.3 Å². The largest absolute Gasteiger partial charge is 0.363 e. The van der Waals surface area contributed by atoms with Gasteiger partial charge in [0.15, 0.2) is 5.82 Å². The van der Waals surface area contributed by atoms with Crippen molar-refractivity contribution in [2.45, 2.75) is 19.5 Å². The van der Waals surface area contributed by atoms with E-state index in [2.05, 4.69) is 21.1 Å². The third kappa shape index (κ3) is 1.95. The molecule has 3 rings (SSSR count). The Balaban J connectivity index is 1.82. The molecule has 0 aliphatic carbocycles. The number of rotatable bonds is 3. The molecule has 0 fully saturated rings. The van der Waals surface area contributed by atoms with Crippen LogP contribution in [0.4, 0.5) is 5.69 Å². The molecule has 6 heteroatoms. The van der Waals surface area contributed by atoms with E-state index >= 15 is 0 Å². The maximum absolute atomic E-state index is 6.17. The summed E-state index contributed by atoms with van der Waals surface area (Å²) >= 11 is 6.17. The molecule has 0 amide bonds. The van der Waals surface area contributed by atoms with Crippen LogP contribution in [-0.4, -0.2) is 16.7 Å². The van der Waals surface area contributed by atoms with Crippen LogP contribution in [0.15, 0.2) is 22.7 Å². The second-order valence-electron chi connectivity index (χ2n) is 4.22. The normalized spacial score (nSPS) is 14.0. The lowest BCUT2D eigenvalue weighted by Crippen LogP contribution is -2.20. The minimum atomic E-state index is 0.273. The number of halogens is 1. The molecule has 0 spiro atoms. The van der Waals surface area contributed by atoms with Gasteiger partial charge < -0.3 is 15.2 Å². The van der Waals surface area contributed by atoms with E-state index in [4.69, 9.17) is 21.9 Å². The predicted molar refractivity (Wildman–Crippen MR) is 68.4 cm³/mol. The summed E-state index contributed by atoms with van der Waals surface area (Å²) in [6, 6.07) is 5.95. The Morgan fingerprint density at radius 1 is 1.44 bits per heavy atom. The molecule has 1 aromatic heterocycles. The molecule has 0 radical (unpaired) electrons. The summed E-state index contributed by atoms with van der Waals surface area (Å²) < 4.78 is 5.00. The van der Waals surface area contributed by atoms with E-state index in [1.54, 1.807) is 0 Å². The van der Waals surface area contributed by atoms with E-state index in [1.165, 1.54) is 5.56 Å². The number of aromatic nitrogens is 2. The van der Waals surface area contributed by atoms with E-state index in [1.807, 2.05) is 12.1 Å². The first-order valence-electron chi connectivity index (χ1n) is 5.82. The Bertz CT molecular complexity index is 569. The molecule has 2 N–H and O–H groups in total. The van der Waals surface area contributed by atoms with Crippen LogP contribution in [0.25, 0.3) is 0 Å². The molecule has 2 heterocycles. The van der Waals surface area contributed by atoms with Gasteiger partial charge in [-0.25, -0.2) is 0 Å². The van der Waals surface area contributed by atoms with E-state index in [-0.39, 0.29) is 6.54 Å². The molecule has 0 bridgehead atoms. The maximum Gasteiger partial charge on any atom is 0.240 e. The fourth-order valence-electron chi connectivity index (χ4n) is 2.23. The highest BCUT2D eigenvalue weighted by Crippen LogP contribution is 2.33. The van der Waals surface area contributed by atoms with Crippen molar-refractivity contribution in [3.8, 4) is 0 Å². The summed E-state index contributed by atoms with van der Waals surface area (Å²) in [5.74, 6) is 1.12. The quantitative estimate of drug-likeness (QED) is 0.915. The Hall–Kier alpha value is -1.59. The van der Waals surface area contributed by atoms with Crippen molar-refractivity contribution in [3.63, 3.8) is 0 Å². The molecule has 1 aromatic carbocycles. The third-order valence-electron chi connectivity index (χ3n) is 3.08. The Morgan fingerprint density at radius 3 is 3.11 bits per heavy atom. The molecule has 2 aromatic rings. The molecule has 5 nitrogen and oxygen atoms in total. The minimum absolute atomic E-state index is 0.273. The van der Waals surface area contributed by atoms with Crippen molar-refractivity contribution in [3.05, 3.63) is 40.5 Å². The van der Waals surface area contributed by atoms with Crippen LogP contribution in [-0.2, 0) is 19.5 Å². The van der Waals surface area contributed by atoms with Gasteiger partial charge in [0.25, 0.3) is 0 Å². The van der Waals surface area contributed by atoms with Crippen LogP contribution in [0.5, 0.6) is 0 Å². The van der Waals surface area contributed by atoms with Crippen molar-refractivity contribution < 1.29 is 4.52 Å². The molecule has 18 heavy (non-hydrogen) atoms. The average molecular weight is 265 g/mol. The SMILES string of the molecule is NCc1nc(CN2CCc3c(Cl)cccc32)no1. The zero-order valence-electron chi connectivity index (χ0n) is 9.77. The zero-order valence-corrected chi connectivity index (χ0v) is 10.5. The highest BCUT2D eigenvalue weighted by Gasteiger charge is 2.22. The Kier molecular flexibility index (Phi) is 2.93. The number of nitrogens with two attached hydrogens (primary N) is 1. The van der Waals surface area contributed by atoms with Gasteiger partial charge >= 0.3 is 0 Å². The molecule has 0 saturated heterocycles. The average Bonchev–Trinajstić information content (AvgIpc) is 2.98. The van der Waals surface area contributed by atoms with Gasteiger partial charge in [0.2, 0.25) is 5.89 Å². The van der Waals surface area contributed by atoms with Crippen molar-refractivity contribution in [2.75, 3.05) is 11.4 Å². The fraction of sp³-hybridized carbons (Fsp3) is 0.333. The van der Waals surface area contributed by atoms with Crippen molar-refractivity contribution in [1.82, 2.24) is 10.1 Å². The van der Waals surface area contributed by atoms with Gasteiger partial charge in [-0.15, -0.1) is 0 Å². The van der Waals surface area contributed by atoms with Gasteiger partial charge in [-0.2, -0.15) is 4.98 Å². The smallest absolute Gasteiger partial charge is 0.240 e. The first kappa shape index (κ1) is 11.5. The number of nitrogens with zero attached hydrogens (tertiary/aromatic N) is 3. The number of benzene rings is 1. The molecule has 0 atom stereocenters. The van der Waals surface area contributed by atoms with E-state index < -0.39 is 0 Å². The summed E-state index contributed by atoms with van der Waals surface area (Å²) in [7, 11) is 0. The van der Waals surface area contributed by atoms with Crippen LogP contribution in [0.2, 0.25) is 5.02 Å². The molecule has 1 aliphatic rings. The van der Waals surface area contributed by atoms with Crippen molar-refractivity contribution >= 4 is 17.3 Å². The summed E-state index contributed by atoms with van der Waals surface area (Å²) in [4.78, 5) is 6.41. The number of hydrogen-bond donors (Lipinski definition) is 1. The van der Waals surface area contributed by atoms with Gasteiger partial charge in [-0.3, -0.25) is 0 Å². The first-order chi connectivity index (χ1) is 8.78. The second-order valence-corrected chi connectivity index (χ2v) is 4.62. The van der Waals surface area contributed by atoms with E-state index in [0.717, 1.165) is 23.7 Å². The molecule has 0 saturated carbocycles. The monoisotopic (exact) mass is 264 g/mol. The Labute approximate surface area is 110 Å². The fourth-order valence-corrected chi connectivity index (χ4v) is 2.49.